The van der Waals surface area contributed by atoms with Crippen molar-refractivity contribution in [1.29, 1.82) is 0 Å². The summed E-state index contributed by atoms with van der Waals surface area (Å²) in [5.41, 5.74) is 8.83. The summed E-state index contributed by atoms with van der Waals surface area (Å²) >= 11 is 0. The fourth-order valence-corrected chi connectivity index (χ4v) is 5.20. The van der Waals surface area contributed by atoms with Gasteiger partial charge in [0, 0.05) is 37.5 Å². The van der Waals surface area contributed by atoms with E-state index in [1.165, 1.54) is 11.1 Å². The summed E-state index contributed by atoms with van der Waals surface area (Å²) in [6.45, 7) is 6.69. The lowest BCUT2D eigenvalue weighted by Crippen LogP contribution is -2.27. The van der Waals surface area contributed by atoms with Crippen molar-refractivity contribution in [2.24, 2.45) is 0 Å². The van der Waals surface area contributed by atoms with Crippen LogP contribution in [0.3, 0.4) is 0 Å². The molecule has 3 aromatic carbocycles. The number of para-hydroxylation sites is 2. The van der Waals surface area contributed by atoms with Crippen LogP contribution in [0.4, 0.5) is 17.1 Å². The highest BCUT2D eigenvalue weighted by molar-refractivity contribution is 6.01. The van der Waals surface area contributed by atoms with E-state index >= 15 is 0 Å². The lowest BCUT2D eigenvalue weighted by molar-refractivity contribution is -0.116. The summed E-state index contributed by atoms with van der Waals surface area (Å²) in [4.78, 5) is 15.8. The topological polar surface area (TPSA) is 44.4 Å². The van der Waals surface area contributed by atoms with Crippen LogP contribution in [0, 0.1) is 0 Å². The van der Waals surface area contributed by atoms with Gasteiger partial charge in [0.05, 0.1) is 17.4 Å². The van der Waals surface area contributed by atoms with Crippen molar-refractivity contribution >= 4 is 22.8 Å². The molecule has 0 aromatic heterocycles. The zero-order chi connectivity index (χ0) is 24.7. The molecule has 3 aromatic rings. The molecule has 1 heterocycles. The molecule has 0 fully saturated rings. The Hall–Kier alpha value is -3.53. The number of anilines is 3. The Morgan fingerprint density at radius 2 is 1.43 bits per heavy atom. The van der Waals surface area contributed by atoms with E-state index in [1.807, 2.05) is 26.2 Å². The van der Waals surface area contributed by atoms with Gasteiger partial charge >= 0.3 is 0 Å². The summed E-state index contributed by atoms with van der Waals surface area (Å²) < 4.78 is 0. The summed E-state index contributed by atoms with van der Waals surface area (Å²) in [5, 5.41) is 7.32. The van der Waals surface area contributed by atoms with Crippen LogP contribution in [-0.4, -0.2) is 19.9 Å². The molecule has 1 aliphatic carbocycles. The number of nitrogens with one attached hydrogen (secondary N) is 2. The van der Waals surface area contributed by atoms with Crippen molar-refractivity contribution in [3.63, 3.8) is 0 Å². The maximum absolute atomic E-state index is 13.8. The molecule has 5 rings (SSSR count). The molecule has 0 amide bonds. The Morgan fingerprint density at radius 3 is 2.06 bits per heavy atom. The summed E-state index contributed by atoms with van der Waals surface area (Å²) in [6, 6.07) is 25.4. The Morgan fingerprint density at radius 1 is 0.800 bits per heavy atom. The monoisotopic (exact) mass is 465 g/mol. The lowest BCUT2D eigenvalue weighted by Gasteiger charge is -2.30. The van der Waals surface area contributed by atoms with Crippen LogP contribution in [0.15, 0.2) is 84.1 Å². The van der Waals surface area contributed by atoms with Crippen LogP contribution in [0.2, 0.25) is 0 Å². The molecule has 0 spiro atoms. The molecular formula is C31H35N3O. The zero-order valence-electron chi connectivity index (χ0n) is 21.4. The highest BCUT2D eigenvalue weighted by Crippen LogP contribution is 2.44. The number of hydrogen-bond donors (Lipinski definition) is 2. The largest absolute Gasteiger partial charge is 0.378 e. The highest BCUT2D eigenvalue weighted by atomic mass is 16.1. The van der Waals surface area contributed by atoms with Crippen molar-refractivity contribution < 1.29 is 4.79 Å². The third kappa shape index (κ3) is 4.58. The molecule has 0 bridgehead atoms. The maximum Gasteiger partial charge on any atom is 0.163 e. The predicted octanol–water partition coefficient (Wildman–Crippen LogP) is 7.03. The fraction of sp³-hybridized carbons (Fsp3) is 0.323. The van der Waals surface area contributed by atoms with Gasteiger partial charge in [0.2, 0.25) is 0 Å². The molecule has 4 nitrogen and oxygen atoms in total. The number of fused-ring (bicyclic) bond motifs is 1. The van der Waals surface area contributed by atoms with E-state index in [-0.39, 0.29) is 23.2 Å². The zero-order valence-corrected chi connectivity index (χ0v) is 21.4. The molecule has 1 aliphatic heterocycles. The molecule has 2 aliphatic rings. The van der Waals surface area contributed by atoms with Crippen molar-refractivity contribution in [3.05, 3.63) is 101 Å². The fourth-order valence-electron chi connectivity index (χ4n) is 5.20. The van der Waals surface area contributed by atoms with E-state index < -0.39 is 0 Å². The number of Topliss-reactive ketones (excluding diaryl/α,β-unsaturated/α-hetero) is 1. The van der Waals surface area contributed by atoms with Gasteiger partial charge in [0.15, 0.2) is 5.78 Å². The van der Waals surface area contributed by atoms with Gasteiger partial charge in [0.25, 0.3) is 0 Å². The van der Waals surface area contributed by atoms with Crippen LogP contribution < -0.4 is 15.5 Å². The molecule has 2 atom stereocenters. The quantitative estimate of drug-likeness (QED) is 0.436. The van der Waals surface area contributed by atoms with E-state index in [4.69, 9.17) is 0 Å². The Bertz CT molecular complexity index is 1260. The van der Waals surface area contributed by atoms with Crippen molar-refractivity contribution in [2.75, 3.05) is 29.6 Å². The maximum atomic E-state index is 13.8. The Kier molecular flexibility index (Phi) is 5.92. The number of ketones is 1. The number of benzene rings is 3. The standard InChI is InChI=1S/C31H35N3O/c1-31(2,3)23-14-10-20(11-15-23)22-18-27-29(28(35)19-22)30(21-12-16-24(17-13-21)34(4)5)33-26-9-7-6-8-25(26)32-27/h6-17,22,30,32-33H,18-19H2,1-5H3. The smallest absolute Gasteiger partial charge is 0.163 e. The normalized spacial score (nSPS) is 19.7. The third-order valence-electron chi connectivity index (χ3n) is 7.30. The predicted molar refractivity (Wildman–Crippen MR) is 146 cm³/mol. The molecule has 180 valence electrons. The number of carbonyl (C=O) groups excluding carboxylic acids is 1. The average Bonchev–Trinajstić information content (AvgIpc) is 3.00. The first-order chi connectivity index (χ1) is 16.7. The SMILES string of the molecule is CN(C)c1ccc(C2Nc3ccccc3NC3=C2C(=O)CC(c2ccc(C(C)(C)C)cc2)C3)cc1. The summed E-state index contributed by atoms with van der Waals surface area (Å²) in [6.07, 6.45) is 1.35. The van der Waals surface area contributed by atoms with Crippen LogP contribution in [0.25, 0.3) is 0 Å². The van der Waals surface area contributed by atoms with E-state index in [0.717, 1.165) is 40.3 Å². The first-order valence-electron chi connectivity index (χ1n) is 12.5. The van der Waals surface area contributed by atoms with E-state index in [1.54, 1.807) is 0 Å². The van der Waals surface area contributed by atoms with Gasteiger partial charge in [-0.05, 0) is 58.7 Å². The van der Waals surface area contributed by atoms with Gasteiger partial charge < -0.3 is 15.5 Å². The van der Waals surface area contributed by atoms with Crippen LogP contribution in [-0.2, 0) is 10.2 Å². The molecule has 0 saturated heterocycles. The molecule has 35 heavy (non-hydrogen) atoms. The lowest BCUT2D eigenvalue weighted by atomic mass is 9.77. The summed E-state index contributed by atoms with van der Waals surface area (Å²) in [5.74, 6) is 0.385. The van der Waals surface area contributed by atoms with Gasteiger partial charge in [-0.1, -0.05) is 69.3 Å². The Balaban J connectivity index is 1.53. The first kappa shape index (κ1) is 23.2. The Labute approximate surface area is 209 Å². The van der Waals surface area contributed by atoms with E-state index in [0.29, 0.717) is 6.42 Å². The minimum Gasteiger partial charge on any atom is -0.378 e. The second-order valence-corrected chi connectivity index (χ2v) is 11.0. The number of allylic oxidation sites excluding steroid dienone is 1. The van der Waals surface area contributed by atoms with Crippen molar-refractivity contribution in [2.45, 2.75) is 51.0 Å². The van der Waals surface area contributed by atoms with Crippen LogP contribution in [0.5, 0.6) is 0 Å². The molecule has 0 saturated carbocycles. The van der Waals surface area contributed by atoms with Crippen molar-refractivity contribution in [3.8, 4) is 0 Å². The van der Waals surface area contributed by atoms with Gasteiger partial charge in [0.1, 0.15) is 0 Å². The number of nitrogens with zero attached hydrogens (tertiary/aromatic N) is 1. The van der Waals surface area contributed by atoms with E-state index in [2.05, 4.69) is 97.0 Å². The molecule has 0 radical (unpaired) electrons. The number of rotatable bonds is 3. The average molecular weight is 466 g/mol. The van der Waals surface area contributed by atoms with Crippen LogP contribution >= 0.6 is 0 Å². The molecule has 4 heteroatoms. The second-order valence-electron chi connectivity index (χ2n) is 11.0. The van der Waals surface area contributed by atoms with E-state index in [9.17, 15) is 4.79 Å². The van der Waals surface area contributed by atoms with Gasteiger partial charge in [-0.25, -0.2) is 0 Å². The molecule has 2 N–H and O–H groups in total. The number of carbonyl (C=O) groups is 1. The number of hydrogen-bond acceptors (Lipinski definition) is 4. The van der Waals surface area contributed by atoms with Crippen molar-refractivity contribution in [1.82, 2.24) is 0 Å². The first-order valence-corrected chi connectivity index (χ1v) is 12.5. The molecule has 2 unspecified atom stereocenters. The van der Waals surface area contributed by atoms with Gasteiger partial charge in [-0.3, -0.25) is 4.79 Å². The molecular weight excluding hydrogens is 430 g/mol. The van der Waals surface area contributed by atoms with Gasteiger partial charge in [-0.15, -0.1) is 0 Å². The second kappa shape index (κ2) is 8.92. The highest BCUT2D eigenvalue weighted by Gasteiger charge is 2.36. The third-order valence-corrected chi connectivity index (χ3v) is 7.30. The minimum atomic E-state index is -0.186. The minimum absolute atomic E-state index is 0.115. The van der Waals surface area contributed by atoms with Crippen LogP contribution in [0.1, 0.15) is 62.3 Å². The summed E-state index contributed by atoms with van der Waals surface area (Å²) in [7, 11) is 4.08. The van der Waals surface area contributed by atoms with Gasteiger partial charge in [-0.2, -0.15) is 0 Å².